The Morgan fingerprint density at radius 2 is 1.67 bits per heavy atom. The Balaban J connectivity index is 2.24. The Hall–Kier alpha value is -2.05. The van der Waals surface area contributed by atoms with Gasteiger partial charge in [0.1, 0.15) is 0 Å². The first-order valence-electron chi connectivity index (χ1n) is 6.03. The highest BCUT2D eigenvalue weighted by atomic mass is 35.5. The maximum absolute atomic E-state index is 12.2. The molecule has 5 nitrogen and oxygen atoms in total. The van der Waals surface area contributed by atoms with E-state index in [0.717, 1.165) is 0 Å². The summed E-state index contributed by atoms with van der Waals surface area (Å²) in [7, 11) is -3.70. The summed E-state index contributed by atoms with van der Waals surface area (Å²) in [6, 6.07) is 12.3. The van der Waals surface area contributed by atoms with E-state index >= 15 is 0 Å². The molecule has 0 heterocycles. The lowest BCUT2D eigenvalue weighted by atomic mass is 10.3. The van der Waals surface area contributed by atoms with Crippen LogP contribution in [-0.2, 0) is 14.8 Å². The van der Waals surface area contributed by atoms with Crippen molar-refractivity contribution < 1.29 is 13.2 Å². The predicted molar refractivity (Wildman–Crippen MR) is 83.0 cm³/mol. The average Bonchev–Trinajstić information content (AvgIpc) is 2.38. The van der Waals surface area contributed by atoms with Crippen LogP contribution in [0.1, 0.15) is 6.92 Å². The van der Waals surface area contributed by atoms with Crippen molar-refractivity contribution in [3.05, 3.63) is 53.6 Å². The fourth-order valence-corrected chi connectivity index (χ4v) is 2.87. The third-order valence-electron chi connectivity index (χ3n) is 2.56. The molecule has 0 fully saturated rings. The van der Waals surface area contributed by atoms with E-state index in [0.29, 0.717) is 16.4 Å². The quantitative estimate of drug-likeness (QED) is 0.907. The number of amides is 1. The third-order valence-corrected chi connectivity index (χ3v) is 4.21. The molecule has 0 aliphatic carbocycles. The van der Waals surface area contributed by atoms with Crippen LogP contribution in [0.15, 0.2) is 53.4 Å². The number of carbonyl (C=O) groups excluding carboxylic acids is 1. The topological polar surface area (TPSA) is 75.3 Å². The van der Waals surface area contributed by atoms with Crippen LogP contribution >= 0.6 is 11.6 Å². The average molecular weight is 325 g/mol. The molecular formula is C14H13ClN2O3S. The molecule has 0 radical (unpaired) electrons. The van der Waals surface area contributed by atoms with E-state index in [2.05, 4.69) is 10.0 Å². The summed E-state index contributed by atoms with van der Waals surface area (Å²) >= 11 is 5.74. The Morgan fingerprint density at radius 3 is 2.29 bits per heavy atom. The first-order chi connectivity index (χ1) is 9.87. The summed E-state index contributed by atoms with van der Waals surface area (Å²) in [5.41, 5.74) is 0.870. The zero-order chi connectivity index (χ0) is 15.5. The van der Waals surface area contributed by atoms with Crippen LogP contribution in [0.2, 0.25) is 5.02 Å². The van der Waals surface area contributed by atoms with E-state index in [-0.39, 0.29) is 10.8 Å². The highest BCUT2D eigenvalue weighted by Gasteiger charge is 2.14. The van der Waals surface area contributed by atoms with E-state index in [1.54, 1.807) is 18.2 Å². The van der Waals surface area contributed by atoms with Gasteiger partial charge in [-0.05, 0) is 42.5 Å². The molecule has 110 valence electrons. The molecule has 2 rings (SSSR count). The summed E-state index contributed by atoms with van der Waals surface area (Å²) in [5, 5.41) is 3.05. The van der Waals surface area contributed by atoms with Crippen molar-refractivity contribution in [1.29, 1.82) is 0 Å². The number of halogens is 1. The molecule has 0 aliphatic heterocycles. The Morgan fingerprint density at radius 1 is 1.05 bits per heavy atom. The number of carbonyl (C=O) groups is 1. The molecule has 2 aromatic rings. The fourth-order valence-electron chi connectivity index (χ4n) is 1.69. The van der Waals surface area contributed by atoms with Crippen LogP contribution in [0, 0.1) is 0 Å². The maximum atomic E-state index is 12.2. The second kappa shape index (κ2) is 6.15. The number of sulfonamides is 1. The van der Waals surface area contributed by atoms with Crippen molar-refractivity contribution in [3.63, 3.8) is 0 Å². The molecule has 0 unspecified atom stereocenters. The lowest BCUT2D eigenvalue weighted by Crippen LogP contribution is -2.13. The van der Waals surface area contributed by atoms with Crippen molar-refractivity contribution in [2.45, 2.75) is 11.8 Å². The standard InChI is InChI=1S/C14H13ClN2O3S/c1-10(18)16-12-3-2-4-13(9-12)17-21(19,20)14-7-5-11(15)6-8-14/h2-9,17H,1H3,(H,16,18). The van der Waals surface area contributed by atoms with Gasteiger partial charge in [-0.2, -0.15) is 0 Å². The zero-order valence-corrected chi connectivity index (χ0v) is 12.7. The van der Waals surface area contributed by atoms with E-state index in [1.807, 2.05) is 0 Å². The van der Waals surface area contributed by atoms with E-state index < -0.39 is 10.0 Å². The summed E-state index contributed by atoms with van der Waals surface area (Å²) in [6.07, 6.45) is 0. The number of rotatable bonds is 4. The van der Waals surface area contributed by atoms with E-state index in [9.17, 15) is 13.2 Å². The molecule has 21 heavy (non-hydrogen) atoms. The first-order valence-corrected chi connectivity index (χ1v) is 7.89. The number of benzene rings is 2. The van der Waals surface area contributed by atoms with Crippen LogP contribution in [0.5, 0.6) is 0 Å². The monoisotopic (exact) mass is 324 g/mol. The molecule has 0 spiro atoms. The highest BCUT2D eigenvalue weighted by molar-refractivity contribution is 7.92. The van der Waals surface area contributed by atoms with Crippen molar-refractivity contribution in [3.8, 4) is 0 Å². The van der Waals surface area contributed by atoms with Gasteiger partial charge in [-0.1, -0.05) is 17.7 Å². The lowest BCUT2D eigenvalue weighted by Gasteiger charge is -2.10. The molecule has 2 N–H and O–H groups in total. The summed E-state index contributed by atoms with van der Waals surface area (Å²) in [5.74, 6) is -0.229. The van der Waals surface area contributed by atoms with Crippen LogP contribution in [-0.4, -0.2) is 14.3 Å². The molecule has 0 atom stereocenters. The number of hydrogen-bond acceptors (Lipinski definition) is 3. The lowest BCUT2D eigenvalue weighted by molar-refractivity contribution is -0.114. The number of nitrogens with one attached hydrogen (secondary N) is 2. The molecular weight excluding hydrogens is 312 g/mol. The smallest absolute Gasteiger partial charge is 0.261 e. The van der Waals surface area contributed by atoms with E-state index in [4.69, 9.17) is 11.6 Å². The minimum Gasteiger partial charge on any atom is -0.326 e. The minimum atomic E-state index is -3.70. The SMILES string of the molecule is CC(=O)Nc1cccc(NS(=O)(=O)c2ccc(Cl)cc2)c1. The molecule has 0 aliphatic rings. The van der Waals surface area contributed by atoms with Crippen molar-refractivity contribution >= 4 is 38.9 Å². The van der Waals surface area contributed by atoms with Gasteiger partial charge in [-0.3, -0.25) is 9.52 Å². The van der Waals surface area contributed by atoms with Gasteiger partial charge in [0.15, 0.2) is 0 Å². The van der Waals surface area contributed by atoms with Crippen LogP contribution in [0.4, 0.5) is 11.4 Å². The summed E-state index contributed by atoms with van der Waals surface area (Å²) in [4.78, 5) is 11.1. The molecule has 7 heteroatoms. The molecule has 0 aromatic heterocycles. The molecule has 0 bridgehead atoms. The van der Waals surface area contributed by atoms with Gasteiger partial charge in [0.25, 0.3) is 10.0 Å². The first kappa shape index (κ1) is 15.3. The Bertz CT molecular complexity index is 758. The normalized spacial score (nSPS) is 11.0. The summed E-state index contributed by atoms with van der Waals surface area (Å²) < 4.78 is 26.9. The number of anilines is 2. The zero-order valence-electron chi connectivity index (χ0n) is 11.1. The highest BCUT2D eigenvalue weighted by Crippen LogP contribution is 2.20. The largest absolute Gasteiger partial charge is 0.326 e. The van der Waals surface area contributed by atoms with Crippen molar-refractivity contribution in [2.24, 2.45) is 0 Å². The van der Waals surface area contributed by atoms with Gasteiger partial charge in [0, 0.05) is 17.6 Å². The van der Waals surface area contributed by atoms with Crippen LogP contribution in [0.3, 0.4) is 0 Å². The van der Waals surface area contributed by atoms with Crippen LogP contribution in [0.25, 0.3) is 0 Å². The number of hydrogen-bond donors (Lipinski definition) is 2. The molecule has 2 aromatic carbocycles. The third kappa shape index (κ3) is 4.21. The van der Waals surface area contributed by atoms with Gasteiger partial charge >= 0.3 is 0 Å². The van der Waals surface area contributed by atoms with Crippen molar-refractivity contribution in [2.75, 3.05) is 10.0 Å². The maximum Gasteiger partial charge on any atom is 0.261 e. The van der Waals surface area contributed by atoms with Gasteiger partial charge in [-0.15, -0.1) is 0 Å². The Labute approximate surface area is 128 Å². The molecule has 0 saturated carbocycles. The van der Waals surface area contributed by atoms with Gasteiger partial charge in [0.05, 0.1) is 10.6 Å². The summed E-state index contributed by atoms with van der Waals surface area (Å²) in [6.45, 7) is 1.38. The molecule has 1 amide bonds. The molecule has 0 saturated heterocycles. The second-order valence-corrected chi connectivity index (χ2v) is 6.44. The van der Waals surface area contributed by atoms with Gasteiger partial charge in [-0.25, -0.2) is 8.42 Å². The van der Waals surface area contributed by atoms with Gasteiger partial charge in [0.2, 0.25) is 5.91 Å². The van der Waals surface area contributed by atoms with Gasteiger partial charge < -0.3 is 5.32 Å². The second-order valence-electron chi connectivity index (χ2n) is 4.32. The predicted octanol–water partition coefficient (Wildman–Crippen LogP) is 3.10. The van der Waals surface area contributed by atoms with Crippen LogP contribution < -0.4 is 10.0 Å². The fraction of sp³-hybridized carbons (Fsp3) is 0.0714. The van der Waals surface area contributed by atoms with Crippen molar-refractivity contribution in [1.82, 2.24) is 0 Å². The minimum absolute atomic E-state index is 0.108. The Kier molecular flexibility index (Phi) is 4.50. The van der Waals surface area contributed by atoms with E-state index in [1.165, 1.54) is 37.3 Å².